The lowest BCUT2D eigenvalue weighted by molar-refractivity contribution is -0.137. The van der Waals surface area contributed by atoms with Crippen LogP contribution in [0.1, 0.15) is 18.4 Å². The summed E-state index contributed by atoms with van der Waals surface area (Å²) in [4.78, 5) is 22.0. The second-order valence-corrected chi connectivity index (χ2v) is 4.64. The first-order valence-electron chi connectivity index (χ1n) is 7.04. The number of hydrogen-bond acceptors (Lipinski definition) is 5. The Kier molecular flexibility index (Phi) is 7.52. The van der Waals surface area contributed by atoms with E-state index < -0.39 is 5.97 Å². The zero-order valence-corrected chi connectivity index (χ0v) is 13.5. The zero-order valence-electron chi connectivity index (χ0n) is 13.5. The highest BCUT2D eigenvalue weighted by molar-refractivity contribution is 5.74. The lowest BCUT2D eigenvalue weighted by Crippen LogP contribution is -2.35. The molecule has 2 amide bonds. The third-order valence-electron chi connectivity index (χ3n) is 3.03. The smallest absolute Gasteiger partial charge is 0.315 e. The summed E-state index contributed by atoms with van der Waals surface area (Å²) in [5.41, 5.74) is 0.778. The van der Waals surface area contributed by atoms with Crippen LogP contribution in [0.15, 0.2) is 12.1 Å². The van der Waals surface area contributed by atoms with Gasteiger partial charge in [-0.05, 0) is 24.1 Å². The molecule has 0 unspecified atom stereocenters. The lowest BCUT2D eigenvalue weighted by atomic mass is 10.2. The molecule has 8 heteroatoms. The average Bonchev–Trinajstić information content (AvgIpc) is 2.55. The predicted octanol–water partition coefficient (Wildman–Crippen LogP) is 1.38. The van der Waals surface area contributed by atoms with Crippen LogP contribution in [-0.2, 0) is 11.3 Å². The molecule has 1 aromatic rings. The predicted molar refractivity (Wildman–Crippen MR) is 83.2 cm³/mol. The van der Waals surface area contributed by atoms with E-state index in [2.05, 4.69) is 10.6 Å². The summed E-state index contributed by atoms with van der Waals surface area (Å²) in [5, 5.41) is 13.8. The van der Waals surface area contributed by atoms with Crippen LogP contribution in [0.3, 0.4) is 0 Å². The number of ether oxygens (including phenoxy) is 3. The van der Waals surface area contributed by atoms with Crippen molar-refractivity contribution in [2.45, 2.75) is 19.4 Å². The van der Waals surface area contributed by atoms with Crippen molar-refractivity contribution >= 4 is 12.0 Å². The molecular weight excluding hydrogens is 304 g/mol. The van der Waals surface area contributed by atoms with E-state index in [9.17, 15) is 9.59 Å². The molecule has 0 fully saturated rings. The molecule has 128 valence electrons. The molecule has 0 aliphatic heterocycles. The van der Waals surface area contributed by atoms with Crippen molar-refractivity contribution in [3.63, 3.8) is 0 Å². The fourth-order valence-electron chi connectivity index (χ4n) is 1.92. The highest BCUT2D eigenvalue weighted by Crippen LogP contribution is 2.38. The molecule has 3 N–H and O–H groups in total. The van der Waals surface area contributed by atoms with E-state index in [0.717, 1.165) is 5.56 Å². The number of carboxylic acids is 1. The van der Waals surface area contributed by atoms with E-state index in [0.29, 0.717) is 30.2 Å². The number of carboxylic acid groups (broad SMARTS) is 1. The van der Waals surface area contributed by atoms with Crippen LogP contribution in [0.2, 0.25) is 0 Å². The molecule has 0 saturated heterocycles. The Bertz CT molecular complexity index is 522. The minimum atomic E-state index is -0.885. The van der Waals surface area contributed by atoms with E-state index in [-0.39, 0.29) is 19.0 Å². The van der Waals surface area contributed by atoms with Gasteiger partial charge in [0.1, 0.15) is 0 Å². The molecule has 0 aromatic heterocycles. The SMILES string of the molecule is COc1cc(CNC(=O)NCCCC(=O)O)cc(OC)c1OC. The molecule has 0 saturated carbocycles. The number of hydrogen-bond donors (Lipinski definition) is 3. The summed E-state index contributed by atoms with van der Waals surface area (Å²) in [6.45, 7) is 0.564. The summed E-state index contributed by atoms with van der Waals surface area (Å²) in [7, 11) is 4.55. The maximum Gasteiger partial charge on any atom is 0.315 e. The largest absolute Gasteiger partial charge is 0.493 e. The van der Waals surface area contributed by atoms with Gasteiger partial charge in [0.2, 0.25) is 5.75 Å². The molecule has 0 radical (unpaired) electrons. The van der Waals surface area contributed by atoms with E-state index >= 15 is 0 Å². The van der Waals surface area contributed by atoms with Gasteiger partial charge in [0.15, 0.2) is 11.5 Å². The number of nitrogens with one attached hydrogen (secondary N) is 2. The molecule has 0 spiro atoms. The van der Waals surface area contributed by atoms with Crippen molar-refractivity contribution in [1.82, 2.24) is 10.6 Å². The third kappa shape index (κ3) is 5.93. The highest BCUT2D eigenvalue weighted by Gasteiger charge is 2.13. The molecule has 1 aromatic carbocycles. The number of benzene rings is 1. The molecule has 23 heavy (non-hydrogen) atoms. The summed E-state index contributed by atoms with van der Waals surface area (Å²) in [6, 6.07) is 3.11. The fraction of sp³-hybridized carbons (Fsp3) is 0.467. The van der Waals surface area contributed by atoms with Gasteiger partial charge < -0.3 is 30.0 Å². The van der Waals surface area contributed by atoms with Gasteiger partial charge >= 0.3 is 12.0 Å². The monoisotopic (exact) mass is 326 g/mol. The first kappa shape index (κ1) is 18.4. The molecule has 0 heterocycles. The van der Waals surface area contributed by atoms with Crippen LogP contribution in [-0.4, -0.2) is 45.0 Å². The first-order chi connectivity index (χ1) is 11.0. The van der Waals surface area contributed by atoms with Crippen molar-refractivity contribution in [2.75, 3.05) is 27.9 Å². The summed E-state index contributed by atoms with van der Waals surface area (Å²) >= 11 is 0. The normalized spacial score (nSPS) is 9.87. The van der Waals surface area contributed by atoms with Crippen LogP contribution >= 0.6 is 0 Å². The quantitative estimate of drug-likeness (QED) is 0.592. The summed E-state index contributed by atoms with van der Waals surface area (Å²) < 4.78 is 15.7. The molecular formula is C15H22N2O6. The second kappa shape index (κ2) is 9.39. The van der Waals surface area contributed by atoms with Gasteiger partial charge in [-0.15, -0.1) is 0 Å². The van der Waals surface area contributed by atoms with Gasteiger partial charge in [-0.3, -0.25) is 4.79 Å². The van der Waals surface area contributed by atoms with Crippen LogP contribution in [0.5, 0.6) is 17.2 Å². The molecule has 0 aliphatic carbocycles. The van der Waals surface area contributed by atoms with E-state index in [1.807, 2.05) is 0 Å². The Morgan fingerprint density at radius 2 is 1.65 bits per heavy atom. The molecule has 1 rings (SSSR count). The standard InChI is InChI=1S/C15H22N2O6/c1-21-11-7-10(8-12(22-2)14(11)23-3)9-17-15(20)16-6-4-5-13(18)19/h7-8H,4-6,9H2,1-3H3,(H,18,19)(H2,16,17,20). The van der Waals surface area contributed by atoms with Gasteiger partial charge in [0.25, 0.3) is 0 Å². The second-order valence-electron chi connectivity index (χ2n) is 4.64. The number of carbonyl (C=O) groups is 2. The first-order valence-corrected chi connectivity index (χ1v) is 7.04. The average molecular weight is 326 g/mol. The van der Waals surface area contributed by atoms with Crippen LogP contribution < -0.4 is 24.8 Å². The Morgan fingerprint density at radius 1 is 1.04 bits per heavy atom. The van der Waals surface area contributed by atoms with E-state index in [1.165, 1.54) is 21.3 Å². The summed E-state index contributed by atoms with van der Waals surface area (Å²) in [6.07, 6.45) is 0.403. The van der Waals surface area contributed by atoms with Crippen LogP contribution in [0, 0.1) is 0 Å². The Labute approximate surface area is 134 Å². The van der Waals surface area contributed by atoms with Gasteiger partial charge in [-0.25, -0.2) is 4.79 Å². The van der Waals surface area contributed by atoms with Crippen LogP contribution in [0.25, 0.3) is 0 Å². The van der Waals surface area contributed by atoms with E-state index in [1.54, 1.807) is 12.1 Å². The maximum absolute atomic E-state index is 11.6. The third-order valence-corrected chi connectivity index (χ3v) is 3.03. The van der Waals surface area contributed by atoms with Crippen molar-refractivity contribution in [3.05, 3.63) is 17.7 Å². The van der Waals surface area contributed by atoms with Gasteiger partial charge in [-0.2, -0.15) is 0 Å². The minimum Gasteiger partial charge on any atom is -0.493 e. The molecule has 0 aliphatic rings. The number of aliphatic carboxylic acids is 1. The van der Waals surface area contributed by atoms with Gasteiger partial charge in [-0.1, -0.05) is 0 Å². The number of carbonyl (C=O) groups excluding carboxylic acids is 1. The minimum absolute atomic E-state index is 0.0210. The van der Waals surface area contributed by atoms with Crippen molar-refractivity contribution in [3.8, 4) is 17.2 Å². The molecule has 0 atom stereocenters. The van der Waals surface area contributed by atoms with Crippen molar-refractivity contribution < 1.29 is 28.9 Å². The Hall–Kier alpha value is -2.64. The fourth-order valence-corrected chi connectivity index (χ4v) is 1.92. The van der Waals surface area contributed by atoms with Crippen molar-refractivity contribution in [2.24, 2.45) is 0 Å². The number of urea groups is 1. The maximum atomic E-state index is 11.6. The number of rotatable bonds is 9. The Balaban J connectivity index is 2.57. The summed E-state index contributed by atoms with van der Waals surface area (Å²) in [5.74, 6) is 0.609. The topological polar surface area (TPSA) is 106 Å². The highest BCUT2D eigenvalue weighted by atomic mass is 16.5. The number of amides is 2. The molecule has 0 bridgehead atoms. The van der Waals surface area contributed by atoms with E-state index in [4.69, 9.17) is 19.3 Å². The van der Waals surface area contributed by atoms with Crippen LogP contribution in [0.4, 0.5) is 4.79 Å². The van der Waals surface area contributed by atoms with Crippen molar-refractivity contribution in [1.29, 1.82) is 0 Å². The lowest BCUT2D eigenvalue weighted by Gasteiger charge is -2.14. The van der Waals surface area contributed by atoms with Gasteiger partial charge in [0.05, 0.1) is 21.3 Å². The number of methoxy groups -OCH3 is 3. The zero-order chi connectivity index (χ0) is 17.2. The van der Waals surface area contributed by atoms with Gasteiger partial charge in [0, 0.05) is 19.5 Å². The molecule has 8 nitrogen and oxygen atoms in total. The Morgan fingerprint density at radius 3 is 2.13 bits per heavy atom.